The van der Waals surface area contributed by atoms with Crippen LogP contribution >= 0.6 is 0 Å². The minimum Gasteiger partial charge on any atom is -0.494 e. The van der Waals surface area contributed by atoms with E-state index in [1.807, 2.05) is 42.8 Å². The number of ether oxygens (including phenoxy) is 2. The normalized spacial score (nSPS) is 19.3. The topological polar surface area (TPSA) is 97.6 Å². The van der Waals surface area contributed by atoms with Gasteiger partial charge in [0.15, 0.2) is 5.82 Å². The lowest BCUT2D eigenvalue weighted by Crippen LogP contribution is -2.50. The maximum Gasteiger partial charge on any atom is 0.249 e. The van der Waals surface area contributed by atoms with Crippen LogP contribution < -0.4 is 19.9 Å². The van der Waals surface area contributed by atoms with Crippen molar-refractivity contribution in [1.82, 2.24) is 19.5 Å². The van der Waals surface area contributed by atoms with Crippen molar-refractivity contribution in [2.75, 3.05) is 42.9 Å². The van der Waals surface area contributed by atoms with Crippen LogP contribution in [0.3, 0.4) is 0 Å². The van der Waals surface area contributed by atoms with Crippen molar-refractivity contribution < 1.29 is 14.3 Å². The van der Waals surface area contributed by atoms with Crippen LogP contribution in [0.2, 0.25) is 0 Å². The van der Waals surface area contributed by atoms with Crippen LogP contribution in [0.1, 0.15) is 24.7 Å². The molecule has 5 rings (SSSR count). The van der Waals surface area contributed by atoms with Gasteiger partial charge in [0.25, 0.3) is 0 Å². The molecule has 1 aromatic carbocycles. The van der Waals surface area contributed by atoms with Gasteiger partial charge in [0, 0.05) is 45.1 Å². The van der Waals surface area contributed by atoms with Crippen LogP contribution in [0.5, 0.6) is 5.75 Å². The van der Waals surface area contributed by atoms with Crippen molar-refractivity contribution in [3.05, 3.63) is 42.1 Å². The molecule has 4 heterocycles. The van der Waals surface area contributed by atoms with Crippen molar-refractivity contribution in [2.45, 2.75) is 38.8 Å². The fourth-order valence-electron chi connectivity index (χ4n) is 4.76. The molecule has 2 aromatic heterocycles. The first-order valence-corrected chi connectivity index (χ1v) is 11.4. The van der Waals surface area contributed by atoms with Gasteiger partial charge in [-0.05, 0) is 25.5 Å². The summed E-state index contributed by atoms with van der Waals surface area (Å²) in [5.74, 6) is 2.00. The number of nitrogens with one attached hydrogen (secondary N) is 1. The minimum atomic E-state index is -0.270. The van der Waals surface area contributed by atoms with Crippen LogP contribution in [0.25, 0.3) is 5.69 Å². The van der Waals surface area contributed by atoms with Crippen molar-refractivity contribution in [3.8, 4) is 11.4 Å². The third-order valence-electron chi connectivity index (χ3n) is 6.52. The molecular formula is C24H29N7O3. The molecule has 2 unspecified atom stereocenters. The summed E-state index contributed by atoms with van der Waals surface area (Å²) in [5, 5.41) is 3.33. The Bertz CT molecular complexity index is 1240. The molecule has 3 aromatic rings. The van der Waals surface area contributed by atoms with Gasteiger partial charge in [-0.1, -0.05) is 6.92 Å². The van der Waals surface area contributed by atoms with Gasteiger partial charge >= 0.3 is 0 Å². The number of hydrogen-bond acceptors (Lipinski definition) is 8. The molecule has 1 N–H and O–H groups in total. The fourth-order valence-corrected chi connectivity index (χ4v) is 4.76. The summed E-state index contributed by atoms with van der Waals surface area (Å²) < 4.78 is 13.1. The molecule has 0 bridgehead atoms. The predicted octanol–water partition coefficient (Wildman–Crippen LogP) is 2.86. The Morgan fingerprint density at radius 1 is 1.24 bits per heavy atom. The van der Waals surface area contributed by atoms with E-state index in [0.29, 0.717) is 31.1 Å². The monoisotopic (exact) mass is 463 g/mol. The highest BCUT2D eigenvalue weighted by Crippen LogP contribution is 2.41. The molecule has 2 aliphatic heterocycles. The van der Waals surface area contributed by atoms with Gasteiger partial charge in [-0.15, -0.1) is 0 Å². The van der Waals surface area contributed by atoms with Crippen molar-refractivity contribution in [2.24, 2.45) is 0 Å². The number of amides is 1. The summed E-state index contributed by atoms with van der Waals surface area (Å²) in [6.07, 6.45) is 5.03. The number of methoxy groups -OCH3 is 2. The highest BCUT2D eigenvalue weighted by molar-refractivity contribution is 6.05. The molecule has 1 amide bonds. The van der Waals surface area contributed by atoms with Gasteiger partial charge in [0.2, 0.25) is 11.9 Å². The largest absolute Gasteiger partial charge is 0.494 e. The van der Waals surface area contributed by atoms with E-state index in [2.05, 4.69) is 15.2 Å². The first kappa shape index (κ1) is 22.1. The molecule has 0 saturated carbocycles. The summed E-state index contributed by atoms with van der Waals surface area (Å²) >= 11 is 0. The summed E-state index contributed by atoms with van der Waals surface area (Å²) in [4.78, 5) is 30.7. The number of hydrogen-bond donors (Lipinski definition) is 1. The molecule has 178 valence electrons. The van der Waals surface area contributed by atoms with Crippen LogP contribution in [0.15, 0.2) is 30.7 Å². The molecular weight excluding hydrogens is 434 g/mol. The van der Waals surface area contributed by atoms with E-state index in [1.54, 1.807) is 32.5 Å². The number of carbonyl (C=O) groups excluding carboxylic acids is 1. The number of rotatable bonds is 6. The Labute approximate surface area is 198 Å². The molecule has 2 aliphatic rings. The number of anilines is 4. The Kier molecular flexibility index (Phi) is 5.60. The van der Waals surface area contributed by atoms with Gasteiger partial charge in [-0.3, -0.25) is 4.79 Å². The van der Waals surface area contributed by atoms with Crippen LogP contribution in [0, 0.1) is 6.92 Å². The van der Waals surface area contributed by atoms with Crippen molar-refractivity contribution in [3.63, 3.8) is 0 Å². The van der Waals surface area contributed by atoms with Gasteiger partial charge in [0.05, 0.1) is 36.6 Å². The summed E-state index contributed by atoms with van der Waals surface area (Å²) in [5.41, 5.74) is 4.21. The smallest absolute Gasteiger partial charge is 0.249 e. The minimum absolute atomic E-state index is 0.00614. The lowest BCUT2D eigenvalue weighted by atomic mass is 10.1. The third-order valence-corrected chi connectivity index (χ3v) is 6.52. The standard InChI is InChI=1S/C24H29N7O3/c1-6-17-21-22(31-12-16(33-4)10-19(31)23(32)29(21)3)28-24(27-17)26-15-7-8-18(20(9-15)34-5)30-11-14(2)25-13-30/h7-9,11,13,16,19H,6,10,12H2,1-5H3,(H,26,27,28). The number of imidazole rings is 1. The van der Waals surface area contributed by atoms with Crippen LogP contribution in [-0.2, 0) is 16.0 Å². The second-order valence-corrected chi connectivity index (χ2v) is 8.61. The highest BCUT2D eigenvalue weighted by atomic mass is 16.5. The van der Waals surface area contributed by atoms with Gasteiger partial charge < -0.3 is 29.2 Å². The number of fused-ring (bicyclic) bond motifs is 3. The Morgan fingerprint density at radius 2 is 2.06 bits per heavy atom. The number of carbonyl (C=O) groups is 1. The number of aromatic nitrogens is 4. The zero-order valence-corrected chi connectivity index (χ0v) is 20.1. The van der Waals surface area contributed by atoms with E-state index in [-0.39, 0.29) is 18.1 Å². The van der Waals surface area contributed by atoms with Crippen LogP contribution in [-0.4, -0.2) is 65.4 Å². The summed E-state index contributed by atoms with van der Waals surface area (Å²) in [7, 11) is 5.13. The van der Waals surface area contributed by atoms with Crippen molar-refractivity contribution in [1.29, 1.82) is 0 Å². The average molecular weight is 464 g/mol. The molecule has 10 nitrogen and oxygen atoms in total. The van der Waals surface area contributed by atoms with E-state index in [0.717, 1.165) is 34.3 Å². The first-order chi connectivity index (χ1) is 16.4. The third kappa shape index (κ3) is 3.63. The molecule has 1 fully saturated rings. The first-order valence-electron chi connectivity index (χ1n) is 11.4. The van der Waals surface area contributed by atoms with Crippen LogP contribution in [0.4, 0.5) is 23.1 Å². The van der Waals surface area contributed by atoms with E-state index in [4.69, 9.17) is 19.4 Å². The second-order valence-electron chi connectivity index (χ2n) is 8.61. The molecule has 10 heteroatoms. The molecule has 0 spiro atoms. The lowest BCUT2D eigenvalue weighted by molar-refractivity contribution is -0.119. The average Bonchev–Trinajstić information content (AvgIpc) is 3.48. The zero-order chi connectivity index (χ0) is 24.0. The molecule has 34 heavy (non-hydrogen) atoms. The Hall–Kier alpha value is -3.66. The molecule has 2 atom stereocenters. The van der Waals surface area contributed by atoms with Gasteiger partial charge in [-0.2, -0.15) is 4.98 Å². The lowest BCUT2D eigenvalue weighted by Gasteiger charge is -2.37. The maximum atomic E-state index is 13.0. The number of likely N-dealkylation sites (N-methyl/N-ethyl adjacent to an activating group) is 1. The molecule has 0 radical (unpaired) electrons. The van der Waals surface area contributed by atoms with Crippen molar-refractivity contribution >= 4 is 29.0 Å². The maximum absolute atomic E-state index is 13.0. The number of aryl methyl sites for hydroxylation is 2. The number of benzene rings is 1. The van der Waals surface area contributed by atoms with E-state index in [1.165, 1.54) is 0 Å². The predicted molar refractivity (Wildman–Crippen MR) is 130 cm³/mol. The summed E-state index contributed by atoms with van der Waals surface area (Å²) in [6.45, 7) is 4.60. The Morgan fingerprint density at radius 3 is 2.74 bits per heavy atom. The second kappa shape index (κ2) is 8.60. The van der Waals surface area contributed by atoms with E-state index < -0.39 is 0 Å². The van der Waals surface area contributed by atoms with E-state index >= 15 is 0 Å². The SMILES string of the molecule is CCc1nc(Nc2ccc(-n3cnc(C)c3)c(OC)c2)nc2c1N(C)C(=O)C1CC(OC)CN21. The fraction of sp³-hybridized carbons (Fsp3) is 0.417. The molecule has 1 saturated heterocycles. The Balaban J connectivity index is 1.51. The molecule has 0 aliphatic carbocycles. The zero-order valence-electron chi connectivity index (χ0n) is 20.1. The van der Waals surface area contributed by atoms with E-state index in [9.17, 15) is 4.79 Å². The quantitative estimate of drug-likeness (QED) is 0.596. The summed E-state index contributed by atoms with van der Waals surface area (Å²) in [6, 6.07) is 5.56. The van der Waals surface area contributed by atoms with Gasteiger partial charge in [0.1, 0.15) is 17.5 Å². The number of nitrogens with zero attached hydrogens (tertiary/aromatic N) is 6. The highest BCUT2D eigenvalue weighted by Gasteiger charge is 2.45. The van der Waals surface area contributed by atoms with Gasteiger partial charge in [-0.25, -0.2) is 9.97 Å².